The summed E-state index contributed by atoms with van der Waals surface area (Å²) in [5.74, 6) is -0.597. The predicted molar refractivity (Wildman–Crippen MR) is 70.4 cm³/mol. The fourth-order valence-electron chi connectivity index (χ4n) is 2.25. The molecule has 0 spiro atoms. The minimum Gasteiger partial charge on any atom is -0.478 e. The summed E-state index contributed by atoms with van der Waals surface area (Å²) in [6, 6.07) is 4.81. The van der Waals surface area contributed by atoms with Crippen molar-refractivity contribution in [3.63, 3.8) is 0 Å². The molecule has 1 heterocycles. The van der Waals surface area contributed by atoms with Crippen molar-refractivity contribution in [2.45, 2.75) is 12.8 Å². The van der Waals surface area contributed by atoms with E-state index in [-0.39, 0.29) is 12.2 Å². The fourth-order valence-corrected chi connectivity index (χ4v) is 2.55. The van der Waals surface area contributed by atoms with Gasteiger partial charge in [0.15, 0.2) is 0 Å². The van der Waals surface area contributed by atoms with Crippen LogP contribution in [0.3, 0.4) is 0 Å². The molecule has 2 rings (SSSR count). The van der Waals surface area contributed by atoms with Crippen LogP contribution >= 0.6 is 11.6 Å². The molecule has 0 unspecified atom stereocenters. The highest BCUT2D eigenvalue weighted by atomic mass is 35.5. The van der Waals surface area contributed by atoms with Crippen LogP contribution in [0.15, 0.2) is 18.2 Å². The molecule has 1 aromatic rings. The zero-order chi connectivity index (χ0) is 13.1. The van der Waals surface area contributed by atoms with E-state index in [4.69, 9.17) is 21.8 Å². The van der Waals surface area contributed by atoms with Gasteiger partial charge in [0.2, 0.25) is 0 Å². The van der Waals surface area contributed by atoms with E-state index in [9.17, 15) is 4.79 Å². The van der Waals surface area contributed by atoms with E-state index < -0.39 is 5.97 Å². The Morgan fingerprint density at radius 2 is 2.06 bits per heavy atom. The Kier molecular flexibility index (Phi) is 4.09. The topological polar surface area (TPSA) is 60.8 Å². The Balaban J connectivity index is 2.12. The van der Waals surface area contributed by atoms with Gasteiger partial charge in [-0.25, -0.2) is 4.79 Å². The van der Waals surface area contributed by atoms with Crippen LogP contribution < -0.4 is 4.90 Å². The molecule has 0 radical (unpaired) electrons. The molecule has 1 aliphatic heterocycles. The first kappa shape index (κ1) is 13.2. The van der Waals surface area contributed by atoms with E-state index >= 15 is 0 Å². The van der Waals surface area contributed by atoms with Gasteiger partial charge < -0.3 is 15.1 Å². The van der Waals surface area contributed by atoms with E-state index in [2.05, 4.69) is 4.90 Å². The molecular weight excluding hydrogens is 254 g/mol. The highest BCUT2D eigenvalue weighted by Gasteiger charge is 2.20. The molecule has 0 atom stereocenters. The maximum atomic E-state index is 10.8. The lowest BCUT2D eigenvalue weighted by Crippen LogP contribution is -2.34. The van der Waals surface area contributed by atoms with Crippen molar-refractivity contribution in [3.8, 4) is 0 Å². The molecule has 18 heavy (non-hydrogen) atoms. The van der Waals surface area contributed by atoms with Crippen LogP contribution in [0.25, 0.3) is 0 Å². The number of piperidine rings is 1. The third-order valence-corrected chi connectivity index (χ3v) is 3.71. The molecule has 2 N–H and O–H groups in total. The summed E-state index contributed by atoms with van der Waals surface area (Å²) in [5, 5.41) is 18.4. The number of aliphatic hydroxyl groups excluding tert-OH is 1. The number of aliphatic hydroxyl groups is 1. The van der Waals surface area contributed by atoms with Crippen LogP contribution in [0.4, 0.5) is 5.69 Å². The number of carboxylic acid groups (broad SMARTS) is 1. The van der Waals surface area contributed by atoms with Crippen molar-refractivity contribution >= 4 is 23.3 Å². The van der Waals surface area contributed by atoms with E-state index in [1.165, 1.54) is 6.07 Å². The molecule has 1 aliphatic rings. The third kappa shape index (κ3) is 2.76. The minimum atomic E-state index is -0.970. The van der Waals surface area contributed by atoms with Crippen LogP contribution in [0.5, 0.6) is 0 Å². The quantitative estimate of drug-likeness (QED) is 0.884. The molecule has 98 valence electrons. The summed E-state index contributed by atoms with van der Waals surface area (Å²) in [5.41, 5.74) is 1.08. The van der Waals surface area contributed by atoms with Crippen LogP contribution in [0.1, 0.15) is 23.2 Å². The third-order valence-electron chi connectivity index (χ3n) is 3.41. The van der Waals surface area contributed by atoms with E-state index in [1.807, 2.05) is 0 Å². The first-order chi connectivity index (χ1) is 8.61. The number of benzene rings is 1. The number of carbonyl (C=O) groups is 1. The summed E-state index contributed by atoms with van der Waals surface area (Å²) < 4.78 is 0. The second-order valence-electron chi connectivity index (χ2n) is 4.58. The number of anilines is 1. The number of aromatic carboxylic acids is 1. The normalized spacial score (nSPS) is 16.9. The monoisotopic (exact) mass is 269 g/mol. The highest BCUT2D eigenvalue weighted by Crippen LogP contribution is 2.30. The molecule has 1 saturated heterocycles. The summed E-state index contributed by atoms with van der Waals surface area (Å²) >= 11 is 6.12. The molecule has 5 heteroatoms. The van der Waals surface area contributed by atoms with Crippen molar-refractivity contribution in [2.75, 3.05) is 24.6 Å². The molecule has 1 aromatic carbocycles. The second kappa shape index (κ2) is 5.59. The van der Waals surface area contributed by atoms with Crippen LogP contribution in [0, 0.1) is 5.92 Å². The number of rotatable bonds is 3. The average Bonchev–Trinajstić information content (AvgIpc) is 2.38. The van der Waals surface area contributed by atoms with Crippen molar-refractivity contribution in [1.29, 1.82) is 0 Å². The maximum Gasteiger partial charge on any atom is 0.335 e. The zero-order valence-electron chi connectivity index (χ0n) is 9.97. The Hall–Kier alpha value is -1.26. The first-order valence-electron chi connectivity index (χ1n) is 6.00. The lowest BCUT2D eigenvalue weighted by molar-refractivity contribution is 0.0697. The van der Waals surface area contributed by atoms with Gasteiger partial charge in [0.05, 0.1) is 16.3 Å². The van der Waals surface area contributed by atoms with Crippen LogP contribution in [-0.2, 0) is 0 Å². The van der Waals surface area contributed by atoms with E-state index in [0.29, 0.717) is 10.9 Å². The molecule has 0 saturated carbocycles. The lowest BCUT2D eigenvalue weighted by atomic mass is 9.97. The summed E-state index contributed by atoms with van der Waals surface area (Å²) in [6.07, 6.45) is 1.88. The summed E-state index contributed by atoms with van der Waals surface area (Å²) in [7, 11) is 0. The smallest absolute Gasteiger partial charge is 0.335 e. The van der Waals surface area contributed by atoms with E-state index in [0.717, 1.165) is 31.6 Å². The van der Waals surface area contributed by atoms with Gasteiger partial charge in [-0.3, -0.25) is 0 Å². The average molecular weight is 270 g/mol. The molecule has 4 nitrogen and oxygen atoms in total. The van der Waals surface area contributed by atoms with Gasteiger partial charge in [0.25, 0.3) is 0 Å². The van der Waals surface area contributed by atoms with Gasteiger partial charge in [0.1, 0.15) is 0 Å². The molecule has 0 bridgehead atoms. The van der Waals surface area contributed by atoms with Gasteiger partial charge in [-0.1, -0.05) is 11.6 Å². The van der Waals surface area contributed by atoms with Crippen molar-refractivity contribution in [2.24, 2.45) is 5.92 Å². The largest absolute Gasteiger partial charge is 0.478 e. The Labute approximate surface area is 111 Å². The zero-order valence-corrected chi connectivity index (χ0v) is 10.7. The van der Waals surface area contributed by atoms with Gasteiger partial charge in [-0.05, 0) is 37.0 Å². The molecule has 1 fully saturated rings. The van der Waals surface area contributed by atoms with Gasteiger partial charge in [-0.15, -0.1) is 0 Å². The minimum absolute atomic E-state index is 0.203. The van der Waals surface area contributed by atoms with Crippen molar-refractivity contribution < 1.29 is 15.0 Å². The molecular formula is C13H16ClNO3. The van der Waals surface area contributed by atoms with E-state index in [1.54, 1.807) is 12.1 Å². The second-order valence-corrected chi connectivity index (χ2v) is 4.99. The van der Waals surface area contributed by atoms with Crippen LogP contribution in [-0.4, -0.2) is 35.9 Å². The summed E-state index contributed by atoms with van der Waals surface area (Å²) in [6.45, 7) is 1.92. The lowest BCUT2D eigenvalue weighted by Gasteiger charge is -2.33. The number of hydrogen-bond donors (Lipinski definition) is 2. The number of carboxylic acids is 1. The Morgan fingerprint density at radius 3 is 2.56 bits per heavy atom. The standard InChI is InChI=1S/C13H16ClNO3/c14-11-7-10(13(17)18)1-2-12(11)15-5-3-9(8-16)4-6-15/h1-2,7,9,16H,3-6,8H2,(H,17,18). The van der Waals surface area contributed by atoms with Gasteiger partial charge in [-0.2, -0.15) is 0 Å². The first-order valence-corrected chi connectivity index (χ1v) is 6.38. The van der Waals surface area contributed by atoms with Gasteiger partial charge in [0, 0.05) is 19.7 Å². The maximum absolute atomic E-state index is 10.8. The van der Waals surface area contributed by atoms with Crippen molar-refractivity contribution in [3.05, 3.63) is 28.8 Å². The molecule has 0 amide bonds. The SMILES string of the molecule is O=C(O)c1ccc(N2CCC(CO)CC2)c(Cl)c1. The Morgan fingerprint density at radius 1 is 1.39 bits per heavy atom. The Bertz CT molecular complexity index is 442. The predicted octanol–water partition coefficient (Wildman–Crippen LogP) is 2.25. The van der Waals surface area contributed by atoms with Crippen molar-refractivity contribution in [1.82, 2.24) is 0 Å². The molecule has 0 aromatic heterocycles. The number of halogens is 1. The highest BCUT2D eigenvalue weighted by molar-refractivity contribution is 6.33. The molecule has 0 aliphatic carbocycles. The number of hydrogen-bond acceptors (Lipinski definition) is 3. The number of nitrogens with zero attached hydrogens (tertiary/aromatic N) is 1. The van der Waals surface area contributed by atoms with Crippen LogP contribution in [0.2, 0.25) is 5.02 Å². The summed E-state index contributed by atoms with van der Waals surface area (Å²) in [4.78, 5) is 13.0. The van der Waals surface area contributed by atoms with Gasteiger partial charge >= 0.3 is 5.97 Å². The fraction of sp³-hybridized carbons (Fsp3) is 0.462.